The average Bonchev–Trinajstić information content (AvgIpc) is 2.33. The van der Waals surface area contributed by atoms with Gasteiger partial charge in [0, 0.05) is 0 Å². The van der Waals surface area contributed by atoms with Crippen molar-refractivity contribution in [3.63, 3.8) is 0 Å². The zero-order valence-corrected chi connectivity index (χ0v) is 11.7. The third-order valence-electron chi connectivity index (χ3n) is 2.74. The van der Waals surface area contributed by atoms with E-state index in [0.717, 1.165) is 51.4 Å². The summed E-state index contributed by atoms with van der Waals surface area (Å²) in [5.41, 5.74) is 0. The van der Waals surface area contributed by atoms with E-state index >= 15 is 0 Å². The van der Waals surface area contributed by atoms with E-state index in [9.17, 15) is 4.79 Å². The highest BCUT2D eigenvalue weighted by molar-refractivity contribution is 5.60. The summed E-state index contributed by atoms with van der Waals surface area (Å²) in [6.45, 7) is 6.84. The standard InChI is InChI=1S/C14H28O3/c1-4-7-10-13(11-8-5-2)17-14(15)16-12-9-6-3/h13H,4-12H2,1-3H3. The average molecular weight is 244 g/mol. The molecule has 0 aliphatic carbocycles. The van der Waals surface area contributed by atoms with Crippen LogP contribution in [0.2, 0.25) is 0 Å². The third kappa shape index (κ3) is 10.2. The summed E-state index contributed by atoms with van der Waals surface area (Å²) in [7, 11) is 0. The van der Waals surface area contributed by atoms with Gasteiger partial charge in [0.25, 0.3) is 0 Å². The van der Waals surface area contributed by atoms with Gasteiger partial charge in [0.15, 0.2) is 0 Å². The Hall–Kier alpha value is -0.730. The number of ether oxygens (including phenoxy) is 2. The van der Waals surface area contributed by atoms with Gasteiger partial charge in [-0.05, 0) is 19.3 Å². The predicted molar refractivity (Wildman–Crippen MR) is 70.2 cm³/mol. The predicted octanol–water partition coefficient (Wildman–Crippen LogP) is 4.69. The van der Waals surface area contributed by atoms with E-state index in [1.807, 2.05) is 0 Å². The molecule has 0 amide bonds. The molecule has 0 radical (unpaired) electrons. The number of carbonyl (C=O) groups excluding carboxylic acids is 1. The molecular formula is C14H28O3. The number of hydrogen-bond donors (Lipinski definition) is 0. The fourth-order valence-corrected chi connectivity index (χ4v) is 1.60. The first kappa shape index (κ1) is 16.3. The molecule has 0 fully saturated rings. The minimum atomic E-state index is -0.490. The van der Waals surface area contributed by atoms with Crippen molar-refractivity contribution in [3.8, 4) is 0 Å². The smallest absolute Gasteiger partial charge is 0.434 e. The van der Waals surface area contributed by atoms with Crippen LogP contribution in [0.4, 0.5) is 4.79 Å². The summed E-state index contributed by atoms with van der Waals surface area (Å²) in [6.07, 6.45) is 7.89. The molecule has 0 saturated heterocycles. The molecule has 3 heteroatoms. The first-order valence-electron chi connectivity index (χ1n) is 7.07. The molecule has 0 spiro atoms. The highest BCUT2D eigenvalue weighted by Gasteiger charge is 2.14. The van der Waals surface area contributed by atoms with Gasteiger partial charge in [0.05, 0.1) is 6.61 Å². The van der Waals surface area contributed by atoms with Gasteiger partial charge in [-0.2, -0.15) is 0 Å². The molecule has 0 N–H and O–H groups in total. The Kier molecular flexibility index (Phi) is 11.2. The molecule has 0 rings (SSSR count). The van der Waals surface area contributed by atoms with Crippen LogP contribution in [0.3, 0.4) is 0 Å². The van der Waals surface area contributed by atoms with Crippen molar-refractivity contribution in [1.82, 2.24) is 0 Å². The lowest BCUT2D eigenvalue weighted by atomic mass is 10.1. The minimum Gasteiger partial charge on any atom is -0.434 e. The maximum Gasteiger partial charge on any atom is 0.508 e. The molecule has 102 valence electrons. The molecule has 0 atom stereocenters. The van der Waals surface area contributed by atoms with Gasteiger partial charge in [0.1, 0.15) is 6.10 Å². The summed E-state index contributed by atoms with van der Waals surface area (Å²) < 4.78 is 10.4. The number of unbranched alkanes of at least 4 members (excludes halogenated alkanes) is 3. The molecule has 17 heavy (non-hydrogen) atoms. The number of hydrogen-bond acceptors (Lipinski definition) is 3. The molecule has 0 aromatic heterocycles. The summed E-state index contributed by atoms with van der Waals surface area (Å²) in [5.74, 6) is 0. The van der Waals surface area contributed by atoms with Crippen LogP contribution in [0.25, 0.3) is 0 Å². The lowest BCUT2D eigenvalue weighted by molar-refractivity contribution is 0.0160. The molecule has 0 aliphatic heterocycles. The van der Waals surface area contributed by atoms with Crippen LogP contribution in [0.1, 0.15) is 72.1 Å². The van der Waals surface area contributed by atoms with Gasteiger partial charge in [-0.1, -0.05) is 52.9 Å². The van der Waals surface area contributed by atoms with Crippen LogP contribution in [-0.2, 0) is 9.47 Å². The van der Waals surface area contributed by atoms with Gasteiger partial charge in [-0.25, -0.2) is 4.79 Å². The highest BCUT2D eigenvalue weighted by Crippen LogP contribution is 2.13. The number of carbonyl (C=O) groups is 1. The third-order valence-corrected chi connectivity index (χ3v) is 2.74. The maximum atomic E-state index is 11.4. The molecular weight excluding hydrogens is 216 g/mol. The lowest BCUT2D eigenvalue weighted by Crippen LogP contribution is -2.19. The molecule has 0 aromatic rings. The van der Waals surface area contributed by atoms with Crippen molar-refractivity contribution >= 4 is 6.16 Å². The topological polar surface area (TPSA) is 35.5 Å². The zero-order valence-electron chi connectivity index (χ0n) is 11.7. The van der Waals surface area contributed by atoms with Crippen molar-refractivity contribution < 1.29 is 14.3 Å². The summed E-state index contributed by atoms with van der Waals surface area (Å²) in [4.78, 5) is 11.4. The SMILES string of the molecule is CCCCOC(=O)OC(CCCC)CCCC. The minimum absolute atomic E-state index is 0.0454. The quantitative estimate of drug-likeness (QED) is 0.413. The monoisotopic (exact) mass is 244 g/mol. The maximum absolute atomic E-state index is 11.4. The van der Waals surface area contributed by atoms with E-state index in [4.69, 9.17) is 9.47 Å². The van der Waals surface area contributed by atoms with Crippen LogP contribution < -0.4 is 0 Å². The molecule has 0 bridgehead atoms. The van der Waals surface area contributed by atoms with E-state index in [2.05, 4.69) is 20.8 Å². The van der Waals surface area contributed by atoms with Crippen LogP contribution in [0.15, 0.2) is 0 Å². The Balaban J connectivity index is 3.81. The van der Waals surface area contributed by atoms with Crippen molar-refractivity contribution in [2.75, 3.05) is 6.61 Å². The normalized spacial score (nSPS) is 10.6. The second-order valence-electron chi connectivity index (χ2n) is 4.48. The Labute approximate surface area is 106 Å². The van der Waals surface area contributed by atoms with E-state index in [1.54, 1.807) is 0 Å². The fourth-order valence-electron chi connectivity index (χ4n) is 1.60. The fraction of sp³-hybridized carbons (Fsp3) is 0.929. The van der Waals surface area contributed by atoms with Crippen molar-refractivity contribution in [2.45, 2.75) is 78.2 Å². The molecule has 3 nitrogen and oxygen atoms in total. The summed E-state index contributed by atoms with van der Waals surface area (Å²) in [5, 5.41) is 0. The molecule has 0 aromatic carbocycles. The molecule has 0 saturated carbocycles. The highest BCUT2D eigenvalue weighted by atomic mass is 16.7. The largest absolute Gasteiger partial charge is 0.508 e. The molecule has 0 aliphatic rings. The van der Waals surface area contributed by atoms with Gasteiger partial charge in [-0.15, -0.1) is 0 Å². The van der Waals surface area contributed by atoms with Crippen molar-refractivity contribution in [1.29, 1.82) is 0 Å². The van der Waals surface area contributed by atoms with Crippen LogP contribution >= 0.6 is 0 Å². The Morgan fingerprint density at radius 2 is 1.47 bits per heavy atom. The summed E-state index contributed by atoms with van der Waals surface area (Å²) >= 11 is 0. The molecule has 0 heterocycles. The number of rotatable bonds is 10. The first-order chi connectivity index (χ1) is 8.24. The van der Waals surface area contributed by atoms with E-state index in [-0.39, 0.29) is 6.10 Å². The van der Waals surface area contributed by atoms with Crippen molar-refractivity contribution in [2.24, 2.45) is 0 Å². The van der Waals surface area contributed by atoms with Crippen LogP contribution in [0, 0.1) is 0 Å². The van der Waals surface area contributed by atoms with E-state index in [0.29, 0.717) is 6.61 Å². The second-order valence-corrected chi connectivity index (χ2v) is 4.48. The molecule has 0 unspecified atom stereocenters. The van der Waals surface area contributed by atoms with E-state index < -0.39 is 6.16 Å². The van der Waals surface area contributed by atoms with Gasteiger partial charge >= 0.3 is 6.16 Å². The second kappa shape index (κ2) is 11.7. The zero-order chi connectivity index (χ0) is 12.9. The lowest BCUT2D eigenvalue weighted by Gasteiger charge is -2.17. The van der Waals surface area contributed by atoms with Gasteiger partial charge in [0.2, 0.25) is 0 Å². The Bertz CT molecular complexity index is 172. The van der Waals surface area contributed by atoms with Gasteiger partial charge in [-0.3, -0.25) is 0 Å². The van der Waals surface area contributed by atoms with Crippen LogP contribution in [-0.4, -0.2) is 18.9 Å². The first-order valence-corrected chi connectivity index (χ1v) is 7.07. The Morgan fingerprint density at radius 1 is 0.941 bits per heavy atom. The Morgan fingerprint density at radius 3 is 1.94 bits per heavy atom. The van der Waals surface area contributed by atoms with Gasteiger partial charge < -0.3 is 9.47 Å². The van der Waals surface area contributed by atoms with Crippen molar-refractivity contribution in [3.05, 3.63) is 0 Å². The van der Waals surface area contributed by atoms with E-state index in [1.165, 1.54) is 0 Å². The summed E-state index contributed by atoms with van der Waals surface area (Å²) in [6, 6.07) is 0. The van der Waals surface area contributed by atoms with Crippen LogP contribution in [0.5, 0.6) is 0 Å².